The zero-order chi connectivity index (χ0) is 14.4. The van der Waals surface area contributed by atoms with E-state index < -0.39 is 11.9 Å². The topological polar surface area (TPSA) is 75.6 Å². The van der Waals surface area contributed by atoms with Crippen molar-refractivity contribution >= 4 is 23.5 Å². The molecular formula is C13H16ClNO4. The molecule has 0 bridgehead atoms. The maximum absolute atomic E-state index is 11.7. The average molecular weight is 286 g/mol. The van der Waals surface area contributed by atoms with Gasteiger partial charge in [0.05, 0.1) is 19.4 Å². The number of benzene rings is 1. The van der Waals surface area contributed by atoms with Gasteiger partial charge in [0, 0.05) is 11.6 Å². The summed E-state index contributed by atoms with van der Waals surface area (Å²) in [5.74, 6) is -1.20. The number of carboxylic acid groups (broad SMARTS) is 1. The SMILES string of the molecule is COc1ccc(CC(=O)NCC(C)C(=O)O)c(Cl)c1. The van der Waals surface area contributed by atoms with E-state index in [-0.39, 0.29) is 18.9 Å². The highest BCUT2D eigenvalue weighted by molar-refractivity contribution is 6.31. The second-order valence-electron chi connectivity index (χ2n) is 4.18. The number of carbonyl (C=O) groups is 2. The molecule has 0 saturated heterocycles. The summed E-state index contributed by atoms with van der Waals surface area (Å²) in [7, 11) is 1.53. The van der Waals surface area contributed by atoms with Gasteiger partial charge in [0.25, 0.3) is 0 Å². The van der Waals surface area contributed by atoms with Crippen LogP contribution in [0.25, 0.3) is 0 Å². The Labute approximate surface area is 116 Å². The Morgan fingerprint density at radius 2 is 2.16 bits per heavy atom. The molecule has 1 aromatic rings. The number of rotatable bonds is 6. The quantitative estimate of drug-likeness (QED) is 0.834. The number of halogens is 1. The van der Waals surface area contributed by atoms with Crippen molar-refractivity contribution in [2.75, 3.05) is 13.7 Å². The molecule has 0 aromatic heterocycles. The van der Waals surface area contributed by atoms with Crippen molar-refractivity contribution < 1.29 is 19.4 Å². The lowest BCUT2D eigenvalue weighted by molar-refractivity contribution is -0.141. The largest absolute Gasteiger partial charge is 0.497 e. The summed E-state index contributed by atoms with van der Waals surface area (Å²) in [6.45, 7) is 1.63. The standard InChI is InChI=1S/C13H16ClNO4/c1-8(13(17)18)7-15-12(16)5-9-3-4-10(19-2)6-11(9)14/h3-4,6,8H,5,7H2,1-2H3,(H,15,16)(H,17,18). The van der Waals surface area contributed by atoms with Gasteiger partial charge >= 0.3 is 5.97 Å². The van der Waals surface area contributed by atoms with E-state index in [9.17, 15) is 9.59 Å². The first-order valence-electron chi connectivity index (χ1n) is 5.76. The van der Waals surface area contributed by atoms with Gasteiger partial charge in [0.15, 0.2) is 0 Å². The van der Waals surface area contributed by atoms with Gasteiger partial charge in [0.2, 0.25) is 5.91 Å². The van der Waals surface area contributed by atoms with Crippen molar-refractivity contribution in [3.05, 3.63) is 28.8 Å². The van der Waals surface area contributed by atoms with Gasteiger partial charge in [0.1, 0.15) is 5.75 Å². The van der Waals surface area contributed by atoms with Crippen molar-refractivity contribution in [2.24, 2.45) is 5.92 Å². The zero-order valence-corrected chi connectivity index (χ0v) is 11.5. The van der Waals surface area contributed by atoms with Crippen LogP contribution in [0.4, 0.5) is 0 Å². The fourth-order valence-corrected chi connectivity index (χ4v) is 1.63. The minimum atomic E-state index is -0.942. The van der Waals surface area contributed by atoms with Crippen LogP contribution >= 0.6 is 11.6 Å². The first-order valence-corrected chi connectivity index (χ1v) is 6.13. The molecule has 19 heavy (non-hydrogen) atoms. The number of amides is 1. The molecule has 6 heteroatoms. The van der Waals surface area contributed by atoms with Gasteiger partial charge in [-0.2, -0.15) is 0 Å². The number of nitrogens with one attached hydrogen (secondary N) is 1. The highest BCUT2D eigenvalue weighted by Gasteiger charge is 2.13. The predicted octanol–water partition coefficient (Wildman–Crippen LogP) is 1.73. The van der Waals surface area contributed by atoms with Crippen LogP contribution in [-0.2, 0) is 16.0 Å². The molecule has 0 saturated carbocycles. The molecule has 0 aliphatic rings. The van der Waals surface area contributed by atoms with E-state index in [1.807, 2.05) is 0 Å². The van der Waals surface area contributed by atoms with Crippen molar-refractivity contribution in [1.29, 1.82) is 0 Å². The molecule has 2 N–H and O–H groups in total. The molecular weight excluding hydrogens is 270 g/mol. The predicted molar refractivity (Wildman–Crippen MR) is 71.5 cm³/mol. The van der Waals surface area contributed by atoms with Crippen LogP contribution in [0.3, 0.4) is 0 Å². The molecule has 1 atom stereocenters. The summed E-state index contributed by atoms with van der Waals surface area (Å²) in [6.07, 6.45) is 0.106. The van der Waals surface area contributed by atoms with Gasteiger partial charge in [-0.05, 0) is 17.7 Å². The van der Waals surface area contributed by atoms with E-state index in [4.69, 9.17) is 21.4 Å². The average Bonchev–Trinajstić information content (AvgIpc) is 2.38. The normalized spacial score (nSPS) is 11.7. The smallest absolute Gasteiger partial charge is 0.308 e. The van der Waals surface area contributed by atoms with Crippen LogP contribution < -0.4 is 10.1 Å². The van der Waals surface area contributed by atoms with E-state index >= 15 is 0 Å². The van der Waals surface area contributed by atoms with Crippen LogP contribution in [-0.4, -0.2) is 30.6 Å². The molecule has 0 fully saturated rings. The number of aliphatic carboxylic acids is 1. The Hall–Kier alpha value is -1.75. The lowest BCUT2D eigenvalue weighted by Crippen LogP contribution is -2.32. The lowest BCUT2D eigenvalue weighted by atomic mass is 10.1. The van der Waals surface area contributed by atoms with Crippen LogP contribution in [0.5, 0.6) is 5.75 Å². The Bertz CT molecular complexity index is 476. The molecule has 0 aliphatic heterocycles. The summed E-state index contributed by atoms with van der Waals surface area (Å²) >= 11 is 6.01. The third-order valence-electron chi connectivity index (χ3n) is 2.64. The Balaban J connectivity index is 2.55. The van der Waals surface area contributed by atoms with Gasteiger partial charge in [-0.3, -0.25) is 9.59 Å². The number of methoxy groups -OCH3 is 1. The molecule has 1 rings (SSSR count). The molecule has 0 aliphatic carbocycles. The summed E-state index contributed by atoms with van der Waals surface area (Å²) < 4.78 is 5.01. The summed E-state index contributed by atoms with van der Waals surface area (Å²) in [5.41, 5.74) is 0.669. The van der Waals surface area contributed by atoms with Gasteiger partial charge in [-0.25, -0.2) is 0 Å². The second-order valence-corrected chi connectivity index (χ2v) is 4.58. The van der Waals surface area contributed by atoms with E-state index in [2.05, 4.69) is 5.32 Å². The highest BCUT2D eigenvalue weighted by atomic mass is 35.5. The minimum absolute atomic E-state index is 0.0991. The number of hydrogen-bond acceptors (Lipinski definition) is 3. The Morgan fingerprint density at radius 1 is 1.47 bits per heavy atom. The first-order chi connectivity index (χ1) is 8.93. The summed E-state index contributed by atoms with van der Waals surface area (Å²) in [5, 5.41) is 11.7. The van der Waals surface area contributed by atoms with E-state index in [1.54, 1.807) is 18.2 Å². The first kappa shape index (κ1) is 15.3. The van der Waals surface area contributed by atoms with Crippen molar-refractivity contribution in [3.8, 4) is 5.75 Å². The molecule has 0 radical (unpaired) electrons. The third kappa shape index (κ3) is 4.79. The van der Waals surface area contributed by atoms with Gasteiger partial charge < -0.3 is 15.2 Å². The van der Waals surface area contributed by atoms with Crippen LogP contribution in [0, 0.1) is 5.92 Å². The second kappa shape index (κ2) is 6.99. The fraction of sp³-hybridized carbons (Fsp3) is 0.385. The fourth-order valence-electron chi connectivity index (χ4n) is 1.39. The highest BCUT2D eigenvalue weighted by Crippen LogP contribution is 2.22. The number of carboxylic acids is 1. The number of hydrogen-bond donors (Lipinski definition) is 2. The monoisotopic (exact) mass is 285 g/mol. The molecule has 1 aromatic carbocycles. The van der Waals surface area contributed by atoms with Crippen LogP contribution in [0.2, 0.25) is 5.02 Å². The van der Waals surface area contributed by atoms with Crippen molar-refractivity contribution in [2.45, 2.75) is 13.3 Å². The third-order valence-corrected chi connectivity index (χ3v) is 2.99. The summed E-state index contributed by atoms with van der Waals surface area (Å²) in [6, 6.07) is 5.06. The molecule has 0 spiro atoms. The van der Waals surface area contributed by atoms with Crippen molar-refractivity contribution in [3.63, 3.8) is 0 Å². The molecule has 1 unspecified atom stereocenters. The molecule has 5 nitrogen and oxygen atoms in total. The summed E-state index contributed by atoms with van der Waals surface area (Å²) in [4.78, 5) is 22.3. The maximum Gasteiger partial charge on any atom is 0.308 e. The van der Waals surface area contributed by atoms with Crippen LogP contribution in [0.15, 0.2) is 18.2 Å². The Kier molecular flexibility index (Phi) is 5.63. The Morgan fingerprint density at radius 3 is 2.68 bits per heavy atom. The van der Waals surface area contributed by atoms with Gasteiger partial charge in [-0.15, -0.1) is 0 Å². The molecule has 104 valence electrons. The van der Waals surface area contributed by atoms with E-state index in [1.165, 1.54) is 14.0 Å². The number of ether oxygens (including phenoxy) is 1. The van der Waals surface area contributed by atoms with Crippen LogP contribution in [0.1, 0.15) is 12.5 Å². The lowest BCUT2D eigenvalue weighted by Gasteiger charge is -2.09. The van der Waals surface area contributed by atoms with Crippen molar-refractivity contribution in [1.82, 2.24) is 5.32 Å². The maximum atomic E-state index is 11.7. The minimum Gasteiger partial charge on any atom is -0.497 e. The molecule has 0 heterocycles. The van der Waals surface area contributed by atoms with E-state index in [0.29, 0.717) is 16.3 Å². The van der Waals surface area contributed by atoms with E-state index in [0.717, 1.165) is 0 Å². The zero-order valence-electron chi connectivity index (χ0n) is 10.8. The molecule has 1 amide bonds. The number of carbonyl (C=O) groups excluding carboxylic acids is 1. The van der Waals surface area contributed by atoms with Gasteiger partial charge in [-0.1, -0.05) is 24.6 Å².